The Hall–Kier alpha value is -0.950. The lowest BCUT2D eigenvalue weighted by Crippen LogP contribution is -2.39. The Labute approximate surface area is 119 Å². The Kier molecular flexibility index (Phi) is 4.49. The molecule has 1 aliphatic rings. The van der Waals surface area contributed by atoms with E-state index in [4.69, 9.17) is 0 Å². The zero-order valence-corrected chi connectivity index (χ0v) is 12.5. The first-order valence-electron chi connectivity index (χ1n) is 6.78. The van der Waals surface area contributed by atoms with Gasteiger partial charge < -0.3 is 10.2 Å². The molecule has 5 nitrogen and oxygen atoms in total. The number of rotatable bonds is 4. The minimum atomic E-state index is -3.63. The predicted molar refractivity (Wildman–Crippen MR) is 75.6 cm³/mol. The average molecular weight is 299 g/mol. The quantitative estimate of drug-likeness (QED) is 0.873. The second-order valence-corrected chi connectivity index (χ2v) is 7.27. The van der Waals surface area contributed by atoms with Crippen LogP contribution in [0.1, 0.15) is 31.9 Å². The van der Waals surface area contributed by atoms with Crippen LogP contribution in [0.4, 0.5) is 0 Å². The maximum Gasteiger partial charge on any atom is 0.243 e. The van der Waals surface area contributed by atoms with Crippen molar-refractivity contribution < 1.29 is 18.6 Å². The second kappa shape index (κ2) is 5.81. The van der Waals surface area contributed by atoms with E-state index >= 15 is 0 Å². The molecule has 112 valence electrons. The third kappa shape index (κ3) is 2.74. The van der Waals surface area contributed by atoms with E-state index in [1.54, 1.807) is 19.1 Å². The molecule has 0 saturated carbocycles. The van der Waals surface area contributed by atoms with Crippen molar-refractivity contribution >= 4 is 10.0 Å². The molecule has 2 N–H and O–H groups in total. The summed E-state index contributed by atoms with van der Waals surface area (Å²) < 4.78 is 26.7. The van der Waals surface area contributed by atoms with Gasteiger partial charge in [-0.25, -0.2) is 8.42 Å². The highest BCUT2D eigenvalue weighted by Crippen LogP contribution is 2.30. The summed E-state index contributed by atoms with van der Waals surface area (Å²) in [5.74, 6) is 0.148. The van der Waals surface area contributed by atoms with E-state index in [1.165, 1.54) is 16.4 Å². The van der Waals surface area contributed by atoms with Crippen LogP contribution >= 0.6 is 0 Å². The molecule has 1 fully saturated rings. The van der Waals surface area contributed by atoms with E-state index < -0.39 is 16.1 Å². The lowest BCUT2D eigenvalue weighted by atomic mass is 10.0. The van der Waals surface area contributed by atoms with E-state index in [0.29, 0.717) is 12.1 Å². The molecule has 0 spiro atoms. The van der Waals surface area contributed by atoms with Gasteiger partial charge in [-0.3, -0.25) is 0 Å². The molecule has 1 aromatic carbocycles. The highest BCUT2D eigenvalue weighted by Gasteiger charge is 2.39. The fraction of sp³-hybridized carbons (Fsp3) is 0.571. The number of hydrogen-bond donors (Lipinski definition) is 2. The predicted octanol–water partition coefficient (Wildman–Crippen LogP) is 1.13. The van der Waals surface area contributed by atoms with Crippen LogP contribution in [-0.4, -0.2) is 42.1 Å². The van der Waals surface area contributed by atoms with Crippen LogP contribution in [0.5, 0.6) is 0 Å². The zero-order valence-electron chi connectivity index (χ0n) is 11.7. The third-order valence-corrected chi connectivity index (χ3v) is 5.89. The molecule has 0 amide bonds. The Morgan fingerprint density at radius 1 is 1.45 bits per heavy atom. The van der Waals surface area contributed by atoms with Gasteiger partial charge in [0.05, 0.1) is 23.6 Å². The zero-order chi connectivity index (χ0) is 14.9. The van der Waals surface area contributed by atoms with Crippen molar-refractivity contribution in [2.45, 2.75) is 37.3 Å². The fourth-order valence-corrected chi connectivity index (χ4v) is 4.40. The normalized spacial score (nSPS) is 25.8. The van der Waals surface area contributed by atoms with Gasteiger partial charge in [-0.05, 0) is 37.0 Å². The van der Waals surface area contributed by atoms with Crippen molar-refractivity contribution in [3.8, 4) is 0 Å². The molecule has 20 heavy (non-hydrogen) atoms. The molecular formula is C14H21NO4S. The molecule has 1 heterocycles. The molecule has 6 heteroatoms. The topological polar surface area (TPSA) is 77.8 Å². The van der Waals surface area contributed by atoms with Gasteiger partial charge in [-0.2, -0.15) is 4.31 Å². The van der Waals surface area contributed by atoms with Crippen molar-refractivity contribution in [1.29, 1.82) is 0 Å². The first-order valence-corrected chi connectivity index (χ1v) is 8.22. The standard InChI is InChI=1S/C14H21NO4S/c1-10-6-7-15(14(10)9-16)20(18,19)13-5-3-4-12(8-13)11(2)17/h3-5,8,10-11,14,16-17H,6-7,9H2,1-2H3. The molecule has 1 aliphatic heterocycles. The van der Waals surface area contributed by atoms with Crippen LogP contribution in [0.2, 0.25) is 0 Å². The van der Waals surface area contributed by atoms with Crippen LogP contribution in [-0.2, 0) is 10.0 Å². The van der Waals surface area contributed by atoms with Crippen molar-refractivity contribution in [3.63, 3.8) is 0 Å². The summed E-state index contributed by atoms with van der Waals surface area (Å²) in [7, 11) is -3.63. The molecule has 3 atom stereocenters. The number of nitrogens with zero attached hydrogens (tertiary/aromatic N) is 1. The smallest absolute Gasteiger partial charge is 0.243 e. The Morgan fingerprint density at radius 2 is 2.15 bits per heavy atom. The number of benzene rings is 1. The molecule has 0 bridgehead atoms. The number of sulfonamides is 1. The summed E-state index contributed by atoms with van der Waals surface area (Å²) in [5, 5.41) is 19.0. The third-order valence-electron chi connectivity index (χ3n) is 3.97. The van der Waals surface area contributed by atoms with Crippen molar-refractivity contribution in [1.82, 2.24) is 4.31 Å². The van der Waals surface area contributed by atoms with Gasteiger partial charge in [-0.15, -0.1) is 0 Å². The van der Waals surface area contributed by atoms with Gasteiger partial charge in [0.25, 0.3) is 0 Å². The summed E-state index contributed by atoms with van der Waals surface area (Å²) in [6, 6.07) is 5.98. The summed E-state index contributed by atoms with van der Waals surface area (Å²) in [5.41, 5.74) is 0.568. The minimum absolute atomic E-state index is 0.148. The maximum absolute atomic E-state index is 12.7. The van der Waals surface area contributed by atoms with Crippen LogP contribution < -0.4 is 0 Å². The number of hydrogen-bond acceptors (Lipinski definition) is 4. The average Bonchev–Trinajstić information content (AvgIpc) is 2.80. The SMILES string of the molecule is CC(O)c1cccc(S(=O)(=O)N2CCC(C)C2CO)c1. The molecule has 3 unspecified atom stereocenters. The Bertz CT molecular complexity index is 570. The van der Waals surface area contributed by atoms with Gasteiger partial charge in [-0.1, -0.05) is 19.1 Å². The van der Waals surface area contributed by atoms with Crippen molar-refractivity contribution in [2.24, 2.45) is 5.92 Å². The largest absolute Gasteiger partial charge is 0.395 e. The molecular weight excluding hydrogens is 278 g/mol. The molecule has 2 rings (SSSR count). The lowest BCUT2D eigenvalue weighted by molar-refractivity contribution is 0.191. The van der Waals surface area contributed by atoms with E-state index in [9.17, 15) is 18.6 Å². The maximum atomic E-state index is 12.7. The highest BCUT2D eigenvalue weighted by atomic mass is 32.2. The summed E-state index contributed by atoms with van der Waals surface area (Å²) in [4.78, 5) is 0.170. The summed E-state index contributed by atoms with van der Waals surface area (Å²) in [6.07, 6.45) is 0.0388. The first-order chi connectivity index (χ1) is 9.37. The van der Waals surface area contributed by atoms with E-state index in [2.05, 4.69) is 0 Å². The molecule has 0 aliphatic carbocycles. The molecule has 1 saturated heterocycles. The van der Waals surface area contributed by atoms with Gasteiger partial charge >= 0.3 is 0 Å². The van der Waals surface area contributed by atoms with Crippen LogP contribution in [0.3, 0.4) is 0 Å². The van der Waals surface area contributed by atoms with Crippen LogP contribution in [0, 0.1) is 5.92 Å². The second-order valence-electron chi connectivity index (χ2n) is 5.38. The van der Waals surface area contributed by atoms with Crippen molar-refractivity contribution in [3.05, 3.63) is 29.8 Å². The Balaban J connectivity index is 2.38. The van der Waals surface area contributed by atoms with E-state index in [0.717, 1.165) is 6.42 Å². The van der Waals surface area contributed by atoms with E-state index in [1.807, 2.05) is 6.92 Å². The number of aliphatic hydroxyl groups excluding tert-OH is 2. The van der Waals surface area contributed by atoms with Crippen LogP contribution in [0.15, 0.2) is 29.2 Å². The highest BCUT2D eigenvalue weighted by molar-refractivity contribution is 7.89. The summed E-state index contributed by atoms with van der Waals surface area (Å²) >= 11 is 0. The minimum Gasteiger partial charge on any atom is -0.395 e. The van der Waals surface area contributed by atoms with Gasteiger partial charge in [0, 0.05) is 6.54 Å². The lowest BCUT2D eigenvalue weighted by Gasteiger charge is -2.24. The molecule has 0 radical (unpaired) electrons. The van der Waals surface area contributed by atoms with E-state index in [-0.39, 0.29) is 23.5 Å². The fourth-order valence-electron chi connectivity index (χ4n) is 2.61. The number of aliphatic hydroxyl groups is 2. The van der Waals surface area contributed by atoms with Gasteiger partial charge in [0.2, 0.25) is 10.0 Å². The Morgan fingerprint density at radius 3 is 2.75 bits per heavy atom. The molecule has 1 aromatic rings. The van der Waals surface area contributed by atoms with Gasteiger partial charge in [0.15, 0.2) is 0 Å². The van der Waals surface area contributed by atoms with Crippen LogP contribution in [0.25, 0.3) is 0 Å². The monoisotopic (exact) mass is 299 g/mol. The van der Waals surface area contributed by atoms with Crippen molar-refractivity contribution in [2.75, 3.05) is 13.2 Å². The van der Waals surface area contributed by atoms with Gasteiger partial charge in [0.1, 0.15) is 0 Å². The summed E-state index contributed by atoms with van der Waals surface area (Å²) in [6.45, 7) is 3.80. The first kappa shape index (κ1) is 15.4. The molecule has 0 aromatic heterocycles.